The van der Waals surface area contributed by atoms with Crippen LogP contribution in [0.5, 0.6) is 5.75 Å². The Kier molecular flexibility index (Phi) is 5.30. The van der Waals surface area contributed by atoms with Gasteiger partial charge in [-0.3, -0.25) is 9.48 Å². The Bertz CT molecular complexity index is 942. The lowest BCUT2D eigenvalue weighted by molar-refractivity contribution is -0.131. The largest absolute Gasteiger partial charge is 0.426 e. The zero-order chi connectivity index (χ0) is 18.0. The number of halogens is 2. The van der Waals surface area contributed by atoms with Crippen molar-refractivity contribution in [1.29, 1.82) is 0 Å². The van der Waals surface area contributed by atoms with Gasteiger partial charge in [-0.25, -0.2) is 4.39 Å². The Morgan fingerprint density at radius 3 is 2.80 bits per heavy atom. The molecule has 0 aliphatic rings. The average Bonchev–Trinajstić information content (AvgIpc) is 2.92. The molecule has 0 saturated heterocycles. The van der Waals surface area contributed by atoms with Crippen molar-refractivity contribution in [1.82, 2.24) is 9.78 Å². The lowest BCUT2D eigenvalue weighted by atomic mass is 10.1. The summed E-state index contributed by atoms with van der Waals surface area (Å²) in [7, 11) is 1.85. The van der Waals surface area contributed by atoms with Gasteiger partial charge in [-0.05, 0) is 41.8 Å². The Balaban J connectivity index is 1.90. The first-order valence-electron chi connectivity index (χ1n) is 7.58. The highest BCUT2D eigenvalue weighted by Gasteiger charge is 2.11. The Hall–Kier alpha value is -2.05. The molecular formula is C18H16ClFN2O2S. The first-order chi connectivity index (χ1) is 12.0. The number of hydrogen-bond acceptors (Lipinski definition) is 4. The number of aromatic nitrogens is 2. The number of alkyl halides is 1. The standard InChI is InChI=1S/C18H16ClFN2O2S/c1-11(23)24-18-8-16(6-12-5-13(20)3-4-17(12)18)25-10-14-7-15(9-19)22(2)21-14/h3-8H,9-10H2,1-2H3. The van der Waals surface area contributed by atoms with Crippen LogP contribution in [0.1, 0.15) is 18.3 Å². The molecule has 0 fully saturated rings. The molecule has 1 heterocycles. The number of benzene rings is 2. The summed E-state index contributed by atoms with van der Waals surface area (Å²) in [5.74, 6) is 0.713. The third-order valence-electron chi connectivity index (χ3n) is 3.65. The van der Waals surface area contributed by atoms with E-state index in [0.29, 0.717) is 28.2 Å². The van der Waals surface area contributed by atoms with Crippen molar-refractivity contribution in [2.45, 2.75) is 23.5 Å². The summed E-state index contributed by atoms with van der Waals surface area (Å²) in [5, 5.41) is 5.79. The second-order valence-electron chi connectivity index (χ2n) is 5.55. The summed E-state index contributed by atoms with van der Waals surface area (Å²) in [5.41, 5.74) is 1.84. The maximum atomic E-state index is 13.6. The monoisotopic (exact) mass is 378 g/mol. The number of thioether (sulfide) groups is 1. The van der Waals surface area contributed by atoms with E-state index in [4.69, 9.17) is 16.3 Å². The summed E-state index contributed by atoms with van der Waals surface area (Å²) in [6.45, 7) is 1.34. The number of nitrogens with zero attached hydrogens (tertiary/aromatic N) is 2. The molecule has 0 spiro atoms. The minimum absolute atomic E-state index is 0.333. The number of ether oxygens (including phenoxy) is 1. The molecule has 130 valence electrons. The third kappa shape index (κ3) is 4.14. The maximum absolute atomic E-state index is 13.6. The van der Waals surface area contributed by atoms with Crippen LogP contribution in [-0.4, -0.2) is 15.7 Å². The van der Waals surface area contributed by atoms with Gasteiger partial charge in [-0.2, -0.15) is 5.10 Å². The Morgan fingerprint density at radius 2 is 2.12 bits per heavy atom. The second kappa shape index (κ2) is 7.45. The average molecular weight is 379 g/mol. The van der Waals surface area contributed by atoms with Gasteiger partial charge in [0.1, 0.15) is 11.6 Å². The zero-order valence-corrected chi connectivity index (χ0v) is 15.3. The molecule has 2 aromatic carbocycles. The van der Waals surface area contributed by atoms with Gasteiger partial charge in [0.25, 0.3) is 0 Å². The summed E-state index contributed by atoms with van der Waals surface area (Å²) < 4.78 is 20.6. The highest BCUT2D eigenvalue weighted by Crippen LogP contribution is 2.34. The number of carbonyl (C=O) groups is 1. The van der Waals surface area contributed by atoms with Crippen LogP contribution >= 0.6 is 23.4 Å². The Labute approximate surface area is 153 Å². The van der Waals surface area contributed by atoms with Crippen molar-refractivity contribution in [3.63, 3.8) is 0 Å². The van der Waals surface area contributed by atoms with Gasteiger partial charge in [0.05, 0.1) is 17.3 Å². The van der Waals surface area contributed by atoms with E-state index in [1.54, 1.807) is 16.8 Å². The number of carbonyl (C=O) groups excluding carboxylic acids is 1. The van der Waals surface area contributed by atoms with Gasteiger partial charge in [0.2, 0.25) is 0 Å². The lowest BCUT2D eigenvalue weighted by Gasteiger charge is -2.09. The number of hydrogen-bond donors (Lipinski definition) is 0. The number of rotatable bonds is 5. The second-order valence-corrected chi connectivity index (χ2v) is 6.87. The third-order valence-corrected chi connectivity index (χ3v) is 4.94. The van der Waals surface area contributed by atoms with Crippen LogP contribution in [0, 0.1) is 5.82 Å². The highest BCUT2D eigenvalue weighted by atomic mass is 35.5. The molecule has 0 unspecified atom stereocenters. The molecule has 0 bridgehead atoms. The van der Waals surface area contributed by atoms with Gasteiger partial charge in [0.15, 0.2) is 0 Å². The molecule has 1 aromatic heterocycles. The molecule has 4 nitrogen and oxygen atoms in total. The van der Waals surface area contributed by atoms with E-state index >= 15 is 0 Å². The van der Waals surface area contributed by atoms with Gasteiger partial charge >= 0.3 is 5.97 Å². The highest BCUT2D eigenvalue weighted by molar-refractivity contribution is 7.98. The molecule has 0 aliphatic heterocycles. The summed E-state index contributed by atoms with van der Waals surface area (Å²) in [6.07, 6.45) is 0. The van der Waals surface area contributed by atoms with E-state index in [0.717, 1.165) is 16.3 Å². The van der Waals surface area contributed by atoms with Gasteiger partial charge in [-0.15, -0.1) is 23.4 Å². The first kappa shape index (κ1) is 17.8. The van der Waals surface area contributed by atoms with Crippen molar-refractivity contribution in [3.8, 4) is 5.75 Å². The number of esters is 1. The number of aryl methyl sites for hydroxylation is 1. The molecule has 7 heteroatoms. The van der Waals surface area contributed by atoms with Crippen molar-refractivity contribution >= 4 is 40.1 Å². The van der Waals surface area contributed by atoms with E-state index < -0.39 is 5.97 Å². The zero-order valence-electron chi connectivity index (χ0n) is 13.8. The van der Waals surface area contributed by atoms with E-state index in [1.807, 2.05) is 19.2 Å². The van der Waals surface area contributed by atoms with E-state index in [-0.39, 0.29) is 5.82 Å². The van der Waals surface area contributed by atoms with Crippen LogP contribution in [0.25, 0.3) is 10.8 Å². The molecule has 0 amide bonds. The molecule has 0 atom stereocenters. The predicted octanol–water partition coefficient (Wildman–Crippen LogP) is 4.67. The van der Waals surface area contributed by atoms with Crippen LogP contribution in [-0.2, 0) is 23.5 Å². The summed E-state index contributed by atoms with van der Waals surface area (Å²) in [6, 6.07) is 10.0. The van der Waals surface area contributed by atoms with Gasteiger partial charge in [-0.1, -0.05) is 0 Å². The Morgan fingerprint density at radius 1 is 1.32 bits per heavy atom. The number of fused-ring (bicyclic) bond motifs is 1. The van der Waals surface area contributed by atoms with E-state index in [9.17, 15) is 9.18 Å². The van der Waals surface area contributed by atoms with E-state index in [1.165, 1.54) is 30.8 Å². The van der Waals surface area contributed by atoms with Crippen LogP contribution in [0.2, 0.25) is 0 Å². The molecule has 3 rings (SSSR count). The minimum Gasteiger partial charge on any atom is -0.426 e. The van der Waals surface area contributed by atoms with Crippen molar-refractivity contribution in [3.05, 3.63) is 53.6 Å². The molecular weight excluding hydrogens is 363 g/mol. The summed E-state index contributed by atoms with van der Waals surface area (Å²) >= 11 is 7.40. The van der Waals surface area contributed by atoms with E-state index in [2.05, 4.69) is 5.10 Å². The van der Waals surface area contributed by atoms with Crippen molar-refractivity contribution in [2.24, 2.45) is 7.05 Å². The normalized spacial score (nSPS) is 11.0. The molecule has 0 saturated carbocycles. The van der Waals surface area contributed by atoms with Crippen molar-refractivity contribution < 1.29 is 13.9 Å². The molecule has 0 N–H and O–H groups in total. The SMILES string of the molecule is CC(=O)Oc1cc(SCc2cc(CCl)n(C)n2)cc2cc(F)ccc12. The van der Waals surface area contributed by atoms with Crippen LogP contribution in [0.3, 0.4) is 0 Å². The van der Waals surface area contributed by atoms with Crippen LogP contribution in [0.4, 0.5) is 4.39 Å². The van der Waals surface area contributed by atoms with Gasteiger partial charge < -0.3 is 4.74 Å². The molecule has 25 heavy (non-hydrogen) atoms. The minimum atomic E-state index is -0.413. The maximum Gasteiger partial charge on any atom is 0.308 e. The molecule has 3 aromatic rings. The van der Waals surface area contributed by atoms with Gasteiger partial charge in [0, 0.05) is 30.0 Å². The quantitative estimate of drug-likeness (QED) is 0.280. The first-order valence-corrected chi connectivity index (χ1v) is 9.10. The molecule has 0 radical (unpaired) electrons. The molecule has 0 aliphatic carbocycles. The fourth-order valence-corrected chi connectivity index (χ4v) is 3.63. The predicted molar refractivity (Wildman–Crippen MR) is 97.5 cm³/mol. The topological polar surface area (TPSA) is 44.1 Å². The smallest absolute Gasteiger partial charge is 0.308 e. The van der Waals surface area contributed by atoms with Crippen molar-refractivity contribution in [2.75, 3.05) is 0 Å². The summed E-state index contributed by atoms with van der Waals surface area (Å²) in [4.78, 5) is 12.2. The van der Waals surface area contributed by atoms with Crippen LogP contribution < -0.4 is 4.74 Å². The fourth-order valence-electron chi connectivity index (χ4n) is 2.53. The fraction of sp³-hybridized carbons (Fsp3) is 0.222. The van der Waals surface area contributed by atoms with Crippen LogP contribution in [0.15, 0.2) is 41.3 Å². The lowest BCUT2D eigenvalue weighted by Crippen LogP contribution is -2.02.